The largest absolute Gasteiger partial charge is 0.508 e. The Morgan fingerprint density at radius 2 is 2.06 bits per heavy atom. The van der Waals surface area contributed by atoms with Gasteiger partial charge in [-0.25, -0.2) is 0 Å². The molecule has 1 atom stereocenters. The molecule has 94 valence electrons. The van der Waals surface area contributed by atoms with Crippen molar-refractivity contribution in [3.8, 4) is 11.5 Å². The molecule has 2 rings (SSSR count). The van der Waals surface area contributed by atoms with E-state index < -0.39 is 0 Å². The minimum Gasteiger partial charge on any atom is -0.508 e. The second-order valence-electron chi connectivity index (χ2n) is 4.39. The summed E-state index contributed by atoms with van der Waals surface area (Å²) in [4.78, 5) is 2.37. The Balaban J connectivity index is 2.19. The van der Waals surface area contributed by atoms with Crippen LogP contribution in [0, 0.1) is 0 Å². The van der Waals surface area contributed by atoms with Gasteiger partial charge in [-0.2, -0.15) is 0 Å². The molecule has 1 aliphatic rings. The Labute approximate surface area is 102 Å². The third-order valence-electron chi connectivity index (χ3n) is 3.38. The van der Waals surface area contributed by atoms with Crippen LogP contribution >= 0.6 is 0 Å². The minimum absolute atomic E-state index is 0.215. The zero-order chi connectivity index (χ0) is 12.3. The van der Waals surface area contributed by atoms with E-state index in [1.165, 1.54) is 0 Å². The van der Waals surface area contributed by atoms with Gasteiger partial charge in [-0.1, -0.05) is 0 Å². The van der Waals surface area contributed by atoms with Crippen molar-refractivity contribution in [2.24, 2.45) is 0 Å². The Bertz CT molecular complexity index is 376. The van der Waals surface area contributed by atoms with Crippen LogP contribution < -0.4 is 10.1 Å². The number of piperazine rings is 1. The molecule has 0 radical (unpaired) electrons. The average Bonchev–Trinajstić information content (AvgIpc) is 2.39. The van der Waals surface area contributed by atoms with Crippen LogP contribution in [0.2, 0.25) is 0 Å². The Kier molecular flexibility index (Phi) is 3.86. The number of hydrogen-bond acceptors (Lipinski definition) is 4. The summed E-state index contributed by atoms with van der Waals surface area (Å²) in [6, 6.07) is 5.62. The average molecular weight is 236 g/mol. The summed E-state index contributed by atoms with van der Waals surface area (Å²) in [5.41, 5.74) is 0.936. The van der Waals surface area contributed by atoms with Gasteiger partial charge in [0.25, 0.3) is 0 Å². The van der Waals surface area contributed by atoms with Crippen molar-refractivity contribution >= 4 is 0 Å². The van der Waals surface area contributed by atoms with Crippen molar-refractivity contribution in [2.75, 3.05) is 33.3 Å². The zero-order valence-electron chi connectivity index (χ0n) is 10.4. The first-order valence-electron chi connectivity index (χ1n) is 6.04. The van der Waals surface area contributed by atoms with E-state index in [2.05, 4.69) is 17.1 Å². The fraction of sp³-hybridized carbons (Fsp3) is 0.538. The number of hydrogen-bond donors (Lipinski definition) is 2. The maximum absolute atomic E-state index is 9.93. The Morgan fingerprint density at radius 3 is 2.71 bits per heavy atom. The number of aromatic hydroxyl groups is 1. The van der Waals surface area contributed by atoms with Gasteiger partial charge >= 0.3 is 0 Å². The number of phenols is 1. The van der Waals surface area contributed by atoms with Crippen LogP contribution in [0.4, 0.5) is 0 Å². The Hall–Kier alpha value is -1.26. The lowest BCUT2D eigenvalue weighted by atomic mass is 10.0. The zero-order valence-corrected chi connectivity index (χ0v) is 10.4. The molecule has 0 aromatic heterocycles. The topological polar surface area (TPSA) is 44.7 Å². The van der Waals surface area contributed by atoms with Gasteiger partial charge in [0.15, 0.2) is 0 Å². The monoisotopic (exact) mass is 236 g/mol. The van der Waals surface area contributed by atoms with Gasteiger partial charge < -0.3 is 15.2 Å². The van der Waals surface area contributed by atoms with Gasteiger partial charge in [0.05, 0.1) is 7.11 Å². The van der Waals surface area contributed by atoms with Crippen LogP contribution in [0.5, 0.6) is 11.5 Å². The molecule has 0 saturated carbocycles. The summed E-state index contributed by atoms with van der Waals surface area (Å²) >= 11 is 0. The van der Waals surface area contributed by atoms with Crippen molar-refractivity contribution in [3.63, 3.8) is 0 Å². The van der Waals surface area contributed by atoms with Crippen LogP contribution in [0.3, 0.4) is 0 Å². The van der Waals surface area contributed by atoms with Gasteiger partial charge in [0.1, 0.15) is 11.5 Å². The number of nitrogens with zero attached hydrogens (tertiary/aromatic N) is 1. The fourth-order valence-electron chi connectivity index (χ4n) is 2.26. The van der Waals surface area contributed by atoms with Crippen LogP contribution in [-0.4, -0.2) is 43.3 Å². The SMILES string of the molecule is COc1ccc(O)c([C@@H](C)N2CCNCC2)c1. The molecule has 1 aromatic rings. The maximum atomic E-state index is 9.93. The molecule has 0 amide bonds. The summed E-state index contributed by atoms with van der Waals surface area (Å²) in [7, 11) is 1.64. The molecule has 2 N–H and O–H groups in total. The lowest BCUT2D eigenvalue weighted by Gasteiger charge is -2.33. The third-order valence-corrected chi connectivity index (χ3v) is 3.38. The number of nitrogens with one attached hydrogen (secondary N) is 1. The first-order valence-corrected chi connectivity index (χ1v) is 6.04. The number of benzene rings is 1. The Morgan fingerprint density at radius 1 is 1.35 bits per heavy atom. The second-order valence-corrected chi connectivity index (χ2v) is 4.39. The van der Waals surface area contributed by atoms with Gasteiger partial charge in [-0.15, -0.1) is 0 Å². The van der Waals surface area contributed by atoms with E-state index in [4.69, 9.17) is 4.74 Å². The smallest absolute Gasteiger partial charge is 0.120 e. The van der Waals surface area contributed by atoms with Crippen LogP contribution in [0.15, 0.2) is 18.2 Å². The van der Waals surface area contributed by atoms with E-state index in [1.54, 1.807) is 19.2 Å². The van der Waals surface area contributed by atoms with Gasteiger partial charge in [-0.05, 0) is 25.1 Å². The number of ether oxygens (including phenoxy) is 1. The van der Waals surface area contributed by atoms with Crippen LogP contribution in [0.1, 0.15) is 18.5 Å². The summed E-state index contributed by atoms with van der Waals surface area (Å²) in [6.07, 6.45) is 0. The van der Waals surface area contributed by atoms with E-state index in [0.29, 0.717) is 5.75 Å². The second kappa shape index (κ2) is 5.38. The highest BCUT2D eigenvalue weighted by atomic mass is 16.5. The molecule has 1 aliphatic heterocycles. The highest BCUT2D eigenvalue weighted by Gasteiger charge is 2.20. The predicted octanol–water partition coefficient (Wildman–Crippen LogP) is 1.37. The van der Waals surface area contributed by atoms with Crippen LogP contribution in [0.25, 0.3) is 0 Å². The molecule has 0 unspecified atom stereocenters. The quantitative estimate of drug-likeness (QED) is 0.832. The number of phenolic OH excluding ortho intramolecular Hbond substituents is 1. The molecule has 0 spiro atoms. The molecule has 4 heteroatoms. The first-order chi connectivity index (χ1) is 8.22. The minimum atomic E-state index is 0.215. The molecule has 17 heavy (non-hydrogen) atoms. The summed E-state index contributed by atoms with van der Waals surface area (Å²) in [5.74, 6) is 1.14. The molecular formula is C13H20N2O2. The first kappa shape index (κ1) is 12.2. The van der Waals surface area contributed by atoms with Gasteiger partial charge in [0, 0.05) is 37.8 Å². The van der Waals surface area contributed by atoms with Crippen molar-refractivity contribution in [3.05, 3.63) is 23.8 Å². The highest BCUT2D eigenvalue weighted by Crippen LogP contribution is 2.31. The maximum Gasteiger partial charge on any atom is 0.120 e. The molecule has 0 bridgehead atoms. The lowest BCUT2D eigenvalue weighted by molar-refractivity contribution is 0.182. The van der Waals surface area contributed by atoms with E-state index in [-0.39, 0.29) is 6.04 Å². The summed E-state index contributed by atoms with van der Waals surface area (Å²) in [5, 5.41) is 13.3. The molecule has 1 saturated heterocycles. The molecule has 4 nitrogen and oxygen atoms in total. The predicted molar refractivity (Wildman–Crippen MR) is 67.5 cm³/mol. The van der Waals surface area contributed by atoms with Gasteiger partial charge in [-0.3, -0.25) is 4.90 Å². The molecule has 1 aromatic carbocycles. The fourth-order valence-corrected chi connectivity index (χ4v) is 2.26. The molecule has 1 fully saturated rings. The van der Waals surface area contributed by atoms with Crippen molar-refractivity contribution < 1.29 is 9.84 Å². The summed E-state index contributed by atoms with van der Waals surface area (Å²) < 4.78 is 5.21. The lowest BCUT2D eigenvalue weighted by Crippen LogP contribution is -2.44. The van der Waals surface area contributed by atoms with Crippen molar-refractivity contribution in [2.45, 2.75) is 13.0 Å². The molecule has 1 heterocycles. The molecule has 0 aliphatic carbocycles. The van der Waals surface area contributed by atoms with Gasteiger partial charge in [0.2, 0.25) is 0 Å². The number of methoxy groups -OCH3 is 1. The number of rotatable bonds is 3. The van der Waals surface area contributed by atoms with E-state index in [1.807, 2.05) is 6.07 Å². The van der Waals surface area contributed by atoms with Crippen LogP contribution in [-0.2, 0) is 0 Å². The van der Waals surface area contributed by atoms with Crippen molar-refractivity contribution in [1.29, 1.82) is 0 Å². The van der Waals surface area contributed by atoms with Crippen molar-refractivity contribution in [1.82, 2.24) is 10.2 Å². The molecular weight excluding hydrogens is 216 g/mol. The van der Waals surface area contributed by atoms with E-state index in [0.717, 1.165) is 37.5 Å². The summed E-state index contributed by atoms with van der Waals surface area (Å²) in [6.45, 7) is 6.17. The highest BCUT2D eigenvalue weighted by molar-refractivity contribution is 5.41. The normalized spacial score (nSPS) is 18.9. The van der Waals surface area contributed by atoms with E-state index >= 15 is 0 Å². The standard InChI is InChI=1S/C13H20N2O2/c1-10(15-7-5-14-6-8-15)12-9-11(17-2)3-4-13(12)16/h3-4,9-10,14,16H,5-8H2,1-2H3/t10-/m1/s1. The third kappa shape index (κ3) is 2.70. The van der Waals surface area contributed by atoms with E-state index in [9.17, 15) is 5.11 Å².